The summed E-state index contributed by atoms with van der Waals surface area (Å²) in [6.07, 6.45) is 36.0. The molecule has 0 fully saturated rings. The van der Waals surface area contributed by atoms with Crippen molar-refractivity contribution in [3.8, 4) is 0 Å². The first-order valence-corrected chi connectivity index (χ1v) is 16.6. The fourth-order valence-corrected chi connectivity index (χ4v) is 5.29. The van der Waals surface area contributed by atoms with E-state index in [9.17, 15) is 9.90 Å². The molecule has 4 heteroatoms. The number of carboxylic acid groups (broad SMARTS) is 1. The molecule has 0 aromatic rings. The van der Waals surface area contributed by atoms with E-state index in [0.717, 1.165) is 13.1 Å². The van der Waals surface area contributed by atoms with Crippen LogP contribution in [0.1, 0.15) is 187 Å². The van der Waals surface area contributed by atoms with Gasteiger partial charge in [-0.2, -0.15) is 0 Å². The molecule has 0 heterocycles. The van der Waals surface area contributed by atoms with Crippen LogP contribution < -0.4 is 24.0 Å². The largest absolute Gasteiger partial charge is 1.00 e. The van der Waals surface area contributed by atoms with Crippen LogP contribution in [0.5, 0.6) is 0 Å². The van der Waals surface area contributed by atoms with Crippen molar-refractivity contribution >= 4 is 5.97 Å². The normalized spacial score (nSPS) is 11.2. The summed E-state index contributed by atoms with van der Waals surface area (Å²) in [7, 11) is 0. The van der Waals surface area contributed by atoms with Gasteiger partial charge in [0, 0.05) is 12.5 Å². The molecular weight excluding hydrogens is 449 g/mol. The van der Waals surface area contributed by atoms with Crippen molar-refractivity contribution < 1.29 is 28.8 Å². The van der Waals surface area contributed by atoms with Crippen molar-refractivity contribution in [2.75, 3.05) is 19.6 Å². The second-order valence-corrected chi connectivity index (χ2v) is 11.4. The van der Waals surface area contributed by atoms with Gasteiger partial charge in [0.1, 0.15) is 0 Å². The van der Waals surface area contributed by atoms with Crippen LogP contribution in [-0.4, -0.2) is 30.5 Å². The minimum atomic E-state index is -0.907. The number of carbonyl (C=O) groups is 1. The fraction of sp³-hybridized carbons (Fsp3) is 0.970. The Morgan fingerprint density at radius 1 is 0.432 bits per heavy atom. The summed E-state index contributed by atoms with van der Waals surface area (Å²) >= 11 is 0. The first kappa shape index (κ1) is 39.2. The fourth-order valence-electron chi connectivity index (χ4n) is 5.29. The zero-order valence-electron chi connectivity index (χ0n) is 26.0. The average molecular weight is 516 g/mol. The Morgan fingerprint density at radius 3 is 0.919 bits per heavy atom. The number of carbonyl (C=O) groups excluding carboxylic acids is 1. The van der Waals surface area contributed by atoms with Gasteiger partial charge < -0.3 is 14.8 Å². The Morgan fingerprint density at radius 2 is 0.676 bits per heavy atom. The molecule has 0 saturated carbocycles. The minimum Gasteiger partial charge on any atom is -0.550 e. The molecular formula is C33H66LiNO2. The second-order valence-electron chi connectivity index (χ2n) is 11.4. The Kier molecular flexibility index (Phi) is 36.1. The zero-order valence-corrected chi connectivity index (χ0v) is 26.0. The van der Waals surface area contributed by atoms with Crippen molar-refractivity contribution in [1.29, 1.82) is 0 Å². The Bertz CT molecular complexity index is 403. The number of carboxylic acids is 1. The van der Waals surface area contributed by atoms with Crippen molar-refractivity contribution in [2.45, 2.75) is 187 Å². The molecule has 0 rings (SSSR count). The molecule has 0 unspecified atom stereocenters. The van der Waals surface area contributed by atoms with Gasteiger partial charge in [-0.25, -0.2) is 0 Å². The number of hydrogen-bond donors (Lipinski definition) is 0. The average Bonchev–Trinajstić information content (AvgIpc) is 2.87. The number of nitrogens with zero attached hydrogens (tertiary/aromatic N) is 1. The predicted octanol–water partition coefficient (Wildman–Crippen LogP) is 6.61. The first-order chi connectivity index (χ1) is 17.7. The number of aliphatic carboxylic acids is 1. The number of rotatable bonds is 31. The van der Waals surface area contributed by atoms with E-state index in [0.29, 0.717) is 6.54 Å². The monoisotopic (exact) mass is 516 g/mol. The second kappa shape index (κ2) is 34.1. The van der Waals surface area contributed by atoms with Crippen molar-refractivity contribution in [2.24, 2.45) is 0 Å². The smallest absolute Gasteiger partial charge is 0.550 e. The molecule has 0 aliphatic carbocycles. The number of hydrogen-bond acceptors (Lipinski definition) is 3. The molecule has 0 aromatic heterocycles. The molecule has 0 saturated heterocycles. The van der Waals surface area contributed by atoms with E-state index in [1.54, 1.807) is 0 Å². The summed E-state index contributed by atoms with van der Waals surface area (Å²) in [5.41, 5.74) is 0. The van der Waals surface area contributed by atoms with Crippen LogP contribution in [0.25, 0.3) is 0 Å². The molecule has 0 radical (unpaired) electrons. The summed E-state index contributed by atoms with van der Waals surface area (Å²) in [6.45, 7) is 7.35. The maximum absolute atomic E-state index is 10.9. The van der Waals surface area contributed by atoms with E-state index < -0.39 is 5.97 Å². The van der Waals surface area contributed by atoms with Crippen molar-refractivity contribution in [3.05, 3.63) is 0 Å². The van der Waals surface area contributed by atoms with E-state index in [2.05, 4.69) is 18.7 Å². The predicted molar refractivity (Wildman–Crippen MR) is 157 cm³/mol. The van der Waals surface area contributed by atoms with E-state index >= 15 is 0 Å². The minimum absolute atomic E-state index is 0. The van der Waals surface area contributed by atoms with Crippen molar-refractivity contribution in [1.82, 2.24) is 4.90 Å². The Balaban J connectivity index is 0. The van der Waals surface area contributed by atoms with Crippen LogP contribution in [0.3, 0.4) is 0 Å². The summed E-state index contributed by atoms with van der Waals surface area (Å²) < 4.78 is 0. The van der Waals surface area contributed by atoms with E-state index in [4.69, 9.17) is 0 Å². The van der Waals surface area contributed by atoms with Crippen molar-refractivity contribution in [3.63, 3.8) is 0 Å². The molecule has 37 heavy (non-hydrogen) atoms. The molecule has 0 aliphatic rings. The van der Waals surface area contributed by atoms with E-state index in [1.807, 2.05) is 0 Å². The van der Waals surface area contributed by atoms with Gasteiger partial charge in [0.05, 0.1) is 0 Å². The Labute approximate surface area is 245 Å². The molecule has 216 valence electrons. The summed E-state index contributed by atoms with van der Waals surface area (Å²) in [4.78, 5) is 13.3. The summed E-state index contributed by atoms with van der Waals surface area (Å²) in [5, 5.41) is 10.9. The molecule has 0 N–H and O–H groups in total. The van der Waals surface area contributed by atoms with Crippen LogP contribution in [-0.2, 0) is 4.79 Å². The van der Waals surface area contributed by atoms with Crippen LogP contribution in [0.15, 0.2) is 0 Å². The standard InChI is InChI=1S/C33H67NO2.Li/c1-3-5-7-9-11-13-15-17-19-21-23-25-27-30-34(32-29-33(35)36)31-28-26-24-22-20-18-16-14-12-10-8-6-4-2;/h3-32H2,1-2H3,(H,35,36);/q;+1/p-1. The molecule has 0 aromatic carbocycles. The molecule has 0 aliphatic heterocycles. The maximum Gasteiger partial charge on any atom is 1.00 e. The quantitative estimate of drug-likeness (QED) is 0.0770. The van der Waals surface area contributed by atoms with Crippen LogP contribution in [0, 0.1) is 0 Å². The van der Waals surface area contributed by atoms with E-state index in [1.165, 1.54) is 167 Å². The molecule has 0 spiro atoms. The number of unbranched alkanes of at least 4 members (excludes halogenated alkanes) is 24. The molecule has 0 amide bonds. The van der Waals surface area contributed by atoms with Gasteiger partial charge in [0.25, 0.3) is 0 Å². The van der Waals surface area contributed by atoms with Gasteiger partial charge in [-0.15, -0.1) is 0 Å². The van der Waals surface area contributed by atoms with Gasteiger partial charge >= 0.3 is 18.9 Å². The SMILES string of the molecule is CCCCCCCCCCCCCCCN(CCCCCCCCCCCCCCC)CCC(=O)[O-].[Li+]. The van der Waals surface area contributed by atoms with Crippen LogP contribution in [0.4, 0.5) is 0 Å². The van der Waals surface area contributed by atoms with Crippen LogP contribution in [0.2, 0.25) is 0 Å². The van der Waals surface area contributed by atoms with Gasteiger partial charge in [-0.1, -0.05) is 168 Å². The van der Waals surface area contributed by atoms with Gasteiger partial charge in [-0.3, -0.25) is 0 Å². The third-order valence-corrected chi connectivity index (χ3v) is 7.79. The summed E-state index contributed by atoms with van der Waals surface area (Å²) in [6, 6.07) is 0. The first-order valence-electron chi connectivity index (χ1n) is 16.6. The van der Waals surface area contributed by atoms with E-state index in [-0.39, 0.29) is 25.3 Å². The van der Waals surface area contributed by atoms with Crippen LogP contribution >= 0.6 is 0 Å². The third kappa shape index (κ3) is 34.0. The third-order valence-electron chi connectivity index (χ3n) is 7.79. The summed E-state index contributed by atoms with van der Waals surface area (Å²) in [5.74, 6) is -0.907. The van der Waals surface area contributed by atoms with Gasteiger partial charge in [0.2, 0.25) is 0 Å². The zero-order chi connectivity index (χ0) is 26.4. The maximum atomic E-state index is 10.9. The Hall–Kier alpha value is 0.0274. The molecule has 0 bridgehead atoms. The van der Waals surface area contributed by atoms with Gasteiger partial charge in [0.15, 0.2) is 0 Å². The molecule has 3 nitrogen and oxygen atoms in total. The molecule has 0 atom stereocenters. The van der Waals surface area contributed by atoms with Gasteiger partial charge in [-0.05, 0) is 32.4 Å². The topological polar surface area (TPSA) is 43.4 Å².